The van der Waals surface area contributed by atoms with Gasteiger partial charge in [-0.3, -0.25) is 5.32 Å². The highest BCUT2D eigenvalue weighted by molar-refractivity contribution is 7.13. The van der Waals surface area contributed by atoms with Crippen molar-refractivity contribution in [3.8, 4) is 27.6 Å². The van der Waals surface area contributed by atoms with Crippen LogP contribution in [-0.4, -0.2) is 28.4 Å². The molecule has 0 spiro atoms. The Morgan fingerprint density at radius 3 is 2.57 bits per heavy atom. The average Bonchev–Trinajstić information content (AvgIpc) is 3.55. The van der Waals surface area contributed by atoms with Crippen LogP contribution in [-0.2, 0) is 4.74 Å². The maximum absolute atomic E-state index is 12.4. The van der Waals surface area contributed by atoms with Gasteiger partial charge in [-0.1, -0.05) is 12.1 Å². The average molecular weight is 516 g/mol. The monoisotopic (exact) mass is 515 g/mol. The van der Waals surface area contributed by atoms with E-state index in [9.17, 15) is 4.79 Å². The standard InChI is InChI=1S/C30H33N3O3S/c1-4-35-24-14-15-25-26(16-24)33(23-6-5-7-23)28(27(25)29-31-18(2)17-37-29)21-10-12-22(13-11-21)32-30(34)36-19(3)20-8-9-20/h10-17,19-20,23H,4-9H2,1-3H3,(H,32,34). The third-order valence-corrected chi connectivity index (χ3v) is 8.52. The minimum Gasteiger partial charge on any atom is -0.494 e. The van der Waals surface area contributed by atoms with E-state index in [4.69, 9.17) is 14.5 Å². The van der Waals surface area contributed by atoms with Gasteiger partial charge in [0.2, 0.25) is 0 Å². The number of ether oxygens (including phenoxy) is 2. The first-order chi connectivity index (χ1) is 18.0. The summed E-state index contributed by atoms with van der Waals surface area (Å²) in [4.78, 5) is 17.3. The van der Waals surface area contributed by atoms with Crippen LogP contribution in [0, 0.1) is 12.8 Å². The molecule has 2 aromatic carbocycles. The summed E-state index contributed by atoms with van der Waals surface area (Å²) in [6, 6.07) is 15.0. The smallest absolute Gasteiger partial charge is 0.411 e. The fourth-order valence-electron chi connectivity index (χ4n) is 5.23. The first-order valence-corrected chi connectivity index (χ1v) is 14.2. The molecule has 0 radical (unpaired) electrons. The van der Waals surface area contributed by atoms with Crippen molar-refractivity contribution in [2.45, 2.75) is 65.0 Å². The van der Waals surface area contributed by atoms with Gasteiger partial charge in [0.05, 0.1) is 17.8 Å². The Hall–Kier alpha value is -3.32. The lowest BCUT2D eigenvalue weighted by molar-refractivity contribution is 0.108. The Labute approximate surface area is 221 Å². The van der Waals surface area contributed by atoms with Crippen LogP contribution in [0.2, 0.25) is 0 Å². The zero-order valence-electron chi connectivity index (χ0n) is 21.6. The van der Waals surface area contributed by atoms with E-state index in [1.807, 2.05) is 32.9 Å². The van der Waals surface area contributed by atoms with Crippen LogP contribution in [0.15, 0.2) is 47.8 Å². The summed E-state index contributed by atoms with van der Waals surface area (Å²) in [6.45, 7) is 6.67. The van der Waals surface area contributed by atoms with Gasteiger partial charge in [-0.05, 0) is 88.6 Å². The zero-order chi connectivity index (χ0) is 25.5. The maximum atomic E-state index is 12.4. The lowest BCUT2D eigenvalue weighted by atomic mass is 9.92. The number of aromatic nitrogens is 2. The Morgan fingerprint density at radius 2 is 1.95 bits per heavy atom. The summed E-state index contributed by atoms with van der Waals surface area (Å²) in [6.07, 6.45) is 5.43. The summed E-state index contributed by atoms with van der Waals surface area (Å²) in [5.74, 6) is 1.40. The first kappa shape index (κ1) is 24.0. The predicted molar refractivity (Wildman–Crippen MR) is 150 cm³/mol. The van der Waals surface area contributed by atoms with Crippen LogP contribution < -0.4 is 10.1 Å². The van der Waals surface area contributed by atoms with E-state index >= 15 is 0 Å². The molecule has 0 saturated heterocycles. The fourth-order valence-corrected chi connectivity index (χ4v) is 6.09. The van der Waals surface area contributed by atoms with Crippen LogP contribution in [0.5, 0.6) is 5.75 Å². The molecule has 1 unspecified atom stereocenters. The molecule has 0 bridgehead atoms. The second kappa shape index (κ2) is 9.86. The number of hydrogen-bond acceptors (Lipinski definition) is 5. The lowest BCUT2D eigenvalue weighted by Gasteiger charge is -2.30. The number of nitrogens with one attached hydrogen (secondary N) is 1. The topological polar surface area (TPSA) is 65.4 Å². The second-order valence-electron chi connectivity index (χ2n) is 10.2. The van der Waals surface area contributed by atoms with Crippen molar-refractivity contribution < 1.29 is 14.3 Å². The molecular formula is C30H33N3O3S. The van der Waals surface area contributed by atoms with Crippen molar-refractivity contribution in [1.82, 2.24) is 9.55 Å². The molecule has 2 heterocycles. The Morgan fingerprint density at radius 1 is 1.16 bits per heavy atom. The normalized spacial score (nSPS) is 16.4. The number of amides is 1. The van der Waals surface area contributed by atoms with Gasteiger partial charge in [0.1, 0.15) is 16.9 Å². The highest BCUT2D eigenvalue weighted by Gasteiger charge is 2.31. The maximum Gasteiger partial charge on any atom is 0.411 e. The van der Waals surface area contributed by atoms with Crippen molar-refractivity contribution in [1.29, 1.82) is 0 Å². The van der Waals surface area contributed by atoms with E-state index in [0.29, 0.717) is 18.6 Å². The molecule has 2 aliphatic carbocycles. The number of fused-ring (bicyclic) bond motifs is 1. The number of thiazole rings is 1. The first-order valence-electron chi connectivity index (χ1n) is 13.3. The van der Waals surface area contributed by atoms with Crippen LogP contribution in [0.25, 0.3) is 32.7 Å². The van der Waals surface area contributed by atoms with Gasteiger partial charge in [0, 0.05) is 39.8 Å². The summed E-state index contributed by atoms with van der Waals surface area (Å²) in [5.41, 5.74) is 6.40. The Kier molecular flexibility index (Phi) is 6.41. The largest absolute Gasteiger partial charge is 0.494 e. The molecule has 2 fully saturated rings. The molecule has 1 atom stereocenters. The third kappa shape index (κ3) is 4.73. The molecule has 2 aliphatic rings. The fraction of sp³-hybridized carbons (Fsp3) is 0.400. The van der Waals surface area contributed by atoms with Crippen LogP contribution >= 0.6 is 11.3 Å². The summed E-state index contributed by atoms with van der Waals surface area (Å²) in [5, 5.41) is 7.23. The van der Waals surface area contributed by atoms with Crippen molar-refractivity contribution in [2.75, 3.05) is 11.9 Å². The van der Waals surface area contributed by atoms with Crippen molar-refractivity contribution >= 4 is 34.0 Å². The molecule has 1 amide bonds. The third-order valence-electron chi connectivity index (χ3n) is 7.54. The van der Waals surface area contributed by atoms with Crippen LogP contribution in [0.3, 0.4) is 0 Å². The second-order valence-corrected chi connectivity index (χ2v) is 11.1. The predicted octanol–water partition coefficient (Wildman–Crippen LogP) is 8.21. The van der Waals surface area contributed by atoms with E-state index in [1.54, 1.807) is 11.3 Å². The van der Waals surface area contributed by atoms with E-state index in [1.165, 1.54) is 28.6 Å². The van der Waals surface area contributed by atoms with Gasteiger partial charge in [-0.2, -0.15) is 0 Å². The molecule has 192 valence electrons. The highest BCUT2D eigenvalue weighted by Crippen LogP contribution is 2.48. The molecule has 6 nitrogen and oxygen atoms in total. The molecule has 7 heteroatoms. The number of carbonyl (C=O) groups excluding carboxylic acids is 1. The van der Waals surface area contributed by atoms with E-state index in [2.05, 4.69) is 45.6 Å². The molecule has 4 aromatic rings. The van der Waals surface area contributed by atoms with Gasteiger partial charge in [0.25, 0.3) is 0 Å². The lowest BCUT2D eigenvalue weighted by Crippen LogP contribution is -2.21. The number of benzene rings is 2. The number of hydrogen-bond donors (Lipinski definition) is 1. The minimum atomic E-state index is -0.391. The number of rotatable bonds is 8. The van der Waals surface area contributed by atoms with Crippen molar-refractivity contribution in [2.24, 2.45) is 5.92 Å². The Balaban J connectivity index is 1.42. The van der Waals surface area contributed by atoms with E-state index in [0.717, 1.165) is 53.4 Å². The Bertz CT molecular complexity index is 1430. The summed E-state index contributed by atoms with van der Waals surface area (Å²) >= 11 is 1.69. The number of carbonyl (C=O) groups is 1. The number of anilines is 1. The van der Waals surface area contributed by atoms with Gasteiger partial charge < -0.3 is 14.0 Å². The van der Waals surface area contributed by atoms with Gasteiger partial charge in [-0.15, -0.1) is 11.3 Å². The molecule has 6 rings (SSSR count). The molecular weight excluding hydrogens is 482 g/mol. The zero-order valence-corrected chi connectivity index (χ0v) is 22.4. The van der Waals surface area contributed by atoms with Gasteiger partial charge >= 0.3 is 6.09 Å². The summed E-state index contributed by atoms with van der Waals surface area (Å²) < 4.78 is 13.9. The van der Waals surface area contributed by atoms with Crippen LogP contribution in [0.4, 0.5) is 10.5 Å². The minimum absolute atomic E-state index is 0.0386. The molecule has 37 heavy (non-hydrogen) atoms. The quantitative estimate of drug-likeness (QED) is 0.257. The molecule has 2 saturated carbocycles. The van der Waals surface area contributed by atoms with Gasteiger partial charge in [0.15, 0.2) is 0 Å². The van der Waals surface area contributed by atoms with Crippen molar-refractivity contribution in [3.63, 3.8) is 0 Å². The number of aryl methyl sites for hydroxylation is 1. The molecule has 2 aromatic heterocycles. The highest BCUT2D eigenvalue weighted by atomic mass is 32.1. The van der Waals surface area contributed by atoms with E-state index < -0.39 is 6.09 Å². The number of nitrogens with zero attached hydrogens (tertiary/aromatic N) is 2. The van der Waals surface area contributed by atoms with Crippen molar-refractivity contribution in [3.05, 3.63) is 53.5 Å². The molecule has 0 aliphatic heterocycles. The SMILES string of the molecule is CCOc1ccc2c(-c3nc(C)cs3)c(-c3ccc(NC(=O)OC(C)C4CC4)cc3)n(C3CCC3)c2c1. The summed E-state index contributed by atoms with van der Waals surface area (Å²) in [7, 11) is 0. The van der Waals surface area contributed by atoms with Crippen LogP contribution in [0.1, 0.15) is 57.7 Å². The molecule has 1 N–H and O–H groups in total. The van der Waals surface area contributed by atoms with E-state index in [-0.39, 0.29) is 6.10 Å². The van der Waals surface area contributed by atoms with Gasteiger partial charge in [-0.25, -0.2) is 9.78 Å².